The Balaban J connectivity index is 1.48. The molecule has 31 heavy (non-hydrogen) atoms. The van der Waals surface area contributed by atoms with Crippen LogP contribution >= 0.6 is 11.3 Å². The van der Waals surface area contributed by atoms with Gasteiger partial charge < -0.3 is 5.32 Å². The Bertz CT molecular complexity index is 1380. The lowest BCUT2D eigenvalue weighted by Crippen LogP contribution is -2.11. The lowest BCUT2D eigenvalue weighted by atomic mass is 10.1. The molecule has 5 rings (SSSR count). The van der Waals surface area contributed by atoms with Gasteiger partial charge in [0.25, 0.3) is 5.91 Å². The fourth-order valence-electron chi connectivity index (χ4n) is 3.36. The summed E-state index contributed by atoms with van der Waals surface area (Å²) in [4.78, 5) is 16.2. The average Bonchev–Trinajstić information content (AvgIpc) is 3.51. The third-order valence-corrected chi connectivity index (χ3v) is 6.03. The number of tetrazole rings is 1. The van der Waals surface area contributed by atoms with Crippen LogP contribution in [0.1, 0.15) is 22.3 Å². The maximum atomic E-state index is 13.1. The number of anilines is 1. The number of benzene rings is 2. The van der Waals surface area contributed by atoms with E-state index in [1.165, 1.54) is 16.1 Å². The van der Waals surface area contributed by atoms with Crippen molar-refractivity contribution in [3.8, 4) is 17.1 Å². The molecule has 0 atom stereocenters. The fourth-order valence-corrected chi connectivity index (χ4v) is 4.44. The van der Waals surface area contributed by atoms with Crippen molar-refractivity contribution in [2.45, 2.75) is 20.4 Å². The Morgan fingerprint density at radius 3 is 2.61 bits per heavy atom. The Labute approximate surface area is 182 Å². The van der Waals surface area contributed by atoms with E-state index >= 15 is 0 Å². The number of amides is 1. The van der Waals surface area contributed by atoms with Crippen molar-refractivity contribution >= 4 is 33.1 Å². The summed E-state index contributed by atoms with van der Waals surface area (Å²) in [6, 6.07) is 19.3. The summed E-state index contributed by atoms with van der Waals surface area (Å²) in [7, 11) is 0. The van der Waals surface area contributed by atoms with Gasteiger partial charge in [-0.2, -0.15) is 9.90 Å². The van der Waals surface area contributed by atoms with E-state index in [4.69, 9.17) is 0 Å². The number of aromatic nitrogens is 6. The molecular formula is C22H19N7OS. The van der Waals surface area contributed by atoms with Crippen LogP contribution in [0.4, 0.5) is 5.69 Å². The molecule has 0 bridgehead atoms. The molecule has 0 unspecified atom stereocenters. The number of nitrogens with one attached hydrogen (secondary N) is 1. The van der Waals surface area contributed by atoms with Crippen molar-refractivity contribution in [2.24, 2.45) is 0 Å². The van der Waals surface area contributed by atoms with Crippen LogP contribution in [0.5, 0.6) is 0 Å². The van der Waals surface area contributed by atoms with Gasteiger partial charge in [-0.1, -0.05) is 30.3 Å². The first-order valence-corrected chi connectivity index (χ1v) is 10.7. The second-order valence-electron chi connectivity index (χ2n) is 6.96. The van der Waals surface area contributed by atoms with Gasteiger partial charge in [-0.25, -0.2) is 4.68 Å². The van der Waals surface area contributed by atoms with Gasteiger partial charge in [0.15, 0.2) is 0 Å². The Morgan fingerprint density at radius 2 is 1.84 bits per heavy atom. The van der Waals surface area contributed by atoms with Crippen molar-refractivity contribution in [3.05, 3.63) is 71.2 Å². The number of para-hydroxylation sites is 2. The molecule has 0 aliphatic heterocycles. The molecule has 1 amide bonds. The van der Waals surface area contributed by atoms with Gasteiger partial charge in [0, 0.05) is 10.9 Å². The zero-order valence-corrected chi connectivity index (χ0v) is 17.8. The average molecular weight is 430 g/mol. The SMILES string of the molecule is CCn1nnc(-c2ccccc2NC(=O)c2cc3c(C)nn(-c4ccccc4)c3s2)n1. The van der Waals surface area contributed by atoms with E-state index in [2.05, 4.69) is 25.8 Å². The highest BCUT2D eigenvalue weighted by molar-refractivity contribution is 7.20. The van der Waals surface area contributed by atoms with Crippen LogP contribution in [-0.4, -0.2) is 35.9 Å². The molecular weight excluding hydrogens is 410 g/mol. The minimum absolute atomic E-state index is 0.185. The summed E-state index contributed by atoms with van der Waals surface area (Å²) >= 11 is 1.42. The molecule has 0 saturated carbocycles. The van der Waals surface area contributed by atoms with E-state index in [1.807, 2.05) is 79.2 Å². The fraction of sp³-hybridized carbons (Fsp3) is 0.136. The Kier molecular flexibility index (Phi) is 4.79. The normalized spacial score (nSPS) is 11.2. The minimum atomic E-state index is -0.185. The third-order valence-electron chi connectivity index (χ3n) is 4.92. The summed E-state index contributed by atoms with van der Waals surface area (Å²) in [5, 5.41) is 21.1. The molecule has 0 saturated heterocycles. The number of hydrogen-bond donors (Lipinski definition) is 1. The van der Waals surface area contributed by atoms with Gasteiger partial charge in [0.1, 0.15) is 4.83 Å². The predicted molar refractivity (Wildman–Crippen MR) is 121 cm³/mol. The van der Waals surface area contributed by atoms with Crippen molar-refractivity contribution < 1.29 is 4.79 Å². The number of thiophene rings is 1. The zero-order chi connectivity index (χ0) is 21.4. The highest BCUT2D eigenvalue weighted by Gasteiger charge is 2.19. The van der Waals surface area contributed by atoms with Crippen LogP contribution < -0.4 is 5.32 Å². The maximum absolute atomic E-state index is 13.1. The van der Waals surface area contributed by atoms with Crippen molar-refractivity contribution in [2.75, 3.05) is 5.32 Å². The van der Waals surface area contributed by atoms with Gasteiger partial charge in [0.2, 0.25) is 5.82 Å². The van der Waals surface area contributed by atoms with Gasteiger partial charge in [-0.3, -0.25) is 4.79 Å². The van der Waals surface area contributed by atoms with Crippen LogP contribution in [0.25, 0.3) is 27.3 Å². The summed E-state index contributed by atoms with van der Waals surface area (Å²) < 4.78 is 1.88. The molecule has 0 aliphatic rings. The van der Waals surface area contributed by atoms with Crippen molar-refractivity contribution in [1.82, 2.24) is 30.0 Å². The standard InChI is InChI=1S/C22H19N7OS/c1-3-28-26-20(24-27-28)16-11-7-8-12-18(16)23-21(30)19-13-17-14(2)25-29(22(17)31-19)15-9-5-4-6-10-15/h4-13H,3H2,1-2H3,(H,23,30). The van der Waals surface area contributed by atoms with Crippen LogP contribution in [0.2, 0.25) is 0 Å². The molecule has 8 nitrogen and oxygen atoms in total. The summed E-state index contributed by atoms with van der Waals surface area (Å²) in [5.41, 5.74) is 3.21. The summed E-state index contributed by atoms with van der Waals surface area (Å²) in [6.45, 7) is 4.52. The van der Waals surface area contributed by atoms with Crippen LogP contribution in [0.3, 0.4) is 0 Å². The van der Waals surface area contributed by atoms with E-state index in [-0.39, 0.29) is 5.91 Å². The first kappa shape index (κ1) is 19.1. The third kappa shape index (κ3) is 3.49. The van der Waals surface area contributed by atoms with E-state index < -0.39 is 0 Å². The summed E-state index contributed by atoms with van der Waals surface area (Å²) in [5.74, 6) is 0.292. The minimum Gasteiger partial charge on any atom is -0.321 e. The smallest absolute Gasteiger partial charge is 0.265 e. The molecule has 1 N–H and O–H groups in total. The summed E-state index contributed by atoms with van der Waals surface area (Å²) in [6.07, 6.45) is 0. The lowest BCUT2D eigenvalue weighted by Gasteiger charge is -2.07. The molecule has 3 aromatic heterocycles. The molecule has 0 radical (unpaired) electrons. The number of rotatable bonds is 5. The molecule has 2 aromatic carbocycles. The highest BCUT2D eigenvalue weighted by atomic mass is 32.1. The van der Waals surface area contributed by atoms with Crippen LogP contribution in [0.15, 0.2) is 60.7 Å². The second-order valence-corrected chi connectivity index (χ2v) is 7.99. The zero-order valence-electron chi connectivity index (χ0n) is 17.0. The molecule has 0 aliphatic carbocycles. The first-order valence-electron chi connectivity index (χ1n) is 9.87. The Morgan fingerprint density at radius 1 is 1.06 bits per heavy atom. The largest absolute Gasteiger partial charge is 0.321 e. The Hall–Kier alpha value is -3.85. The highest BCUT2D eigenvalue weighted by Crippen LogP contribution is 2.32. The van der Waals surface area contributed by atoms with Crippen LogP contribution in [-0.2, 0) is 6.54 Å². The molecule has 154 valence electrons. The van der Waals surface area contributed by atoms with Gasteiger partial charge >= 0.3 is 0 Å². The number of nitrogens with zero attached hydrogens (tertiary/aromatic N) is 6. The van der Waals surface area contributed by atoms with E-state index in [0.29, 0.717) is 22.9 Å². The van der Waals surface area contributed by atoms with Gasteiger partial charge in [-0.15, -0.1) is 21.5 Å². The predicted octanol–water partition coefficient (Wildman–Crippen LogP) is 4.32. The topological polar surface area (TPSA) is 90.5 Å². The molecule has 9 heteroatoms. The van der Waals surface area contributed by atoms with Gasteiger partial charge in [-0.05, 0) is 49.4 Å². The second kappa shape index (κ2) is 7.77. The van der Waals surface area contributed by atoms with Crippen LogP contribution in [0, 0.1) is 6.92 Å². The number of carbonyl (C=O) groups is 1. The number of aryl methyl sites for hydroxylation is 2. The lowest BCUT2D eigenvalue weighted by molar-refractivity contribution is 0.103. The molecule has 0 fully saturated rings. The number of hydrogen-bond acceptors (Lipinski definition) is 6. The van der Waals surface area contributed by atoms with E-state index in [9.17, 15) is 4.79 Å². The maximum Gasteiger partial charge on any atom is 0.265 e. The van der Waals surface area contributed by atoms with E-state index in [0.717, 1.165) is 27.2 Å². The monoisotopic (exact) mass is 429 g/mol. The van der Waals surface area contributed by atoms with Gasteiger partial charge in [0.05, 0.1) is 28.5 Å². The first-order chi connectivity index (χ1) is 15.1. The number of fused-ring (bicyclic) bond motifs is 1. The van der Waals surface area contributed by atoms with E-state index in [1.54, 1.807) is 0 Å². The molecule has 3 heterocycles. The quantitative estimate of drug-likeness (QED) is 0.449. The number of carbonyl (C=O) groups excluding carboxylic acids is 1. The molecule has 0 spiro atoms. The molecule has 5 aromatic rings. The van der Waals surface area contributed by atoms with Crippen molar-refractivity contribution in [3.63, 3.8) is 0 Å². The van der Waals surface area contributed by atoms with Crippen molar-refractivity contribution in [1.29, 1.82) is 0 Å².